The zero-order chi connectivity index (χ0) is 17.9. The van der Waals surface area contributed by atoms with Gasteiger partial charge in [0.1, 0.15) is 6.04 Å². The van der Waals surface area contributed by atoms with Crippen LogP contribution in [0, 0.1) is 5.92 Å². The molecular formula is C20H28N4O2. The fraction of sp³-hybridized carbons (Fsp3) is 0.600. The highest BCUT2D eigenvalue weighted by atomic mass is 16.2. The third-order valence-corrected chi connectivity index (χ3v) is 5.98. The van der Waals surface area contributed by atoms with Gasteiger partial charge in [0.2, 0.25) is 11.8 Å². The van der Waals surface area contributed by atoms with Gasteiger partial charge in [0.25, 0.3) is 0 Å². The lowest BCUT2D eigenvalue weighted by Gasteiger charge is -2.34. The summed E-state index contributed by atoms with van der Waals surface area (Å²) in [6.07, 6.45) is 4.61. The maximum Gasteiger partial charge on any atom is 0.241 e. The summed E-state index contributed by atoms with van der Waals surface area (Å²) in [7, 11) is 0. The lowest BCUT2D eigenvalue weighted by atomic mass is 9.94. The molecule has 0 aromatic heterocycles. The number of carbonyl (C=O) groups is 2. The van der Waals surface area contributed by atoms with Crippen molar-refractivity contribution in [2.24, 2.45) is 5.92 Å². The SMILES string of the molecule is O=C(C1CCN(C(=O)C2CC(c3ccccc3)NN2)CC1)N1CCCC1. The Balaban J connectivity index is 1.28. The molecule has 4 rings (SSSR count). The Bertz CT molecular complexity index is 636. The van der Waals surface area contributed by atoms with E-state index in [9.17, 15) is 9.59 Å². The van der Waals surface area contributed by atoms with Gasteiger partial charge < -0.3 is 9.80 Å². The summed E-state index contributed by atoms with van der Waals surface area (Å²) >= 11 is 0. The molecule has 3 aliphatic rings. The molecule has 6 nitrogen and oxygen atoms in total. The fourth-order valence-electron chi connectivity index (χ4n) is 4.38. The maximum absolute atomic E-state index is 12.8. The fourth-order valence-corrected chi connectivity index (χ4v) is 4.38. The van der Waals surface area contributed by atoms with E-state index in [1.165, 1.54) is 5.56 Å². The monoisotopic (exact) mass is 356 g/mol. The van der Waals surface area contributed by atoms with E-state index in [0.717, 1.165) is 45.2 Å². The lowest BCUT2D eigenvalue weighted by molar-refractivity contribution is -0.140. The number of piperidine rings is 1. The Morgan fingerprint density at radius 2 is 1.50 bits per heavy atom. The first-order valence-corrected chi connectivity index (χ1v) is 9.86. The first-order chi connectivity index (χ1) is 12.7. The van der Waals surface area contributed by atoms with Gasteiger partial charge in [0.05, 0.1) is 0 Å². The first-order valence-electron chi connectivity index (χ1n) is 9.86. The number of benzene rings is 1. The van der Waals surface area contributed by atoms with Crippen LogP contribution < -0.4 is 10.9 Å². The average Bonchev–Trinajstić information content (AvgIpc) is 3.40. The molecule has 3 heterocycles. The van der Waals surface area contributed by atoms with Crippen molar-refractivity contribution < 1.29 is 9.59 Å². The molecule has 2 N–H and O–H groups in total. The van der Waals surface area contributed by atoms with Crippen LogP contribution in [0.25, 0.3) is 0 Å². The number of nitrogens with zero attached hydrogens (tertiary/aromatic N) is 2. The summed E-state index contributed by atoms with van der Waals surface area (Å²) in [5.41, 5.74) is 7.61. The molecule has 2 atom stereocenters. The quantitative estimate of drug-likeness (QED) is 0.861. The topological polar surface area (TPSA) is 64.7 Å². The minimum Gasteiger partial charge on any atom is -0.342 e. The zero-order valence-electron chi connectivity index (χ0n) is 15.2. The molecule has 0 aliphatic carbocycles. The smallest absolute Gasteiger partial charge is 0.241 e. The number of hydrazine groups is 1. The largest absolute Gasteiger partial charge is 0.342 e. The molecular weight excluding hydrogens is 328 g/mol. The summed E-state index contributed by atoms with van der Waals surface area (Å²) in [6, 6.07) is 10.2. The van der Waals surface area contributed by atoms with Gasteiger partial charge in [-0.2, -0.15) is 0 Å². The highest BCUT2D eigenvalue weighted by Gasteiger charge is 2.36. The van der Waals surface area contributed by atoms with Crippen LogP contribution in [0.4, 0.5) is 0 Å². The highest BCUT2D eigenvalue weighted by molar-refractivity contribution is 5.83. The number of carbonyl (C=O) groups excluding carboxylic acids is 2. The van der Waals surface area contributed by atoms with E-state index in [1.54, 1.807) is 0 Å². The number of nitrogens with one attached hydrogen (secondary N) is 2. The van der Waals surface area contributed by atoms with Crippen LogP contribution in [0.3, 0.4) is 0 Å². The van der Waals surface area contributed by atoms with Crippen molar-refractivity contribution in [1.29, 1.82) is 0 Å². The van der Waals surface area contributed by atoms with Crippen molar-refractivity contribution in [1.82, 2.24) is 20.7 Å². The van der Waals surface area contributed by atoms with Crippen LogP contribution in [-0.2, 0) is 9.59 Å². The van der Waals surface area contributed by atoms with Gasteiger partial charge in [-0.3, -0.25) is 9.59 Å². The van der Waals surface area contributed by atoms with Crippen molar-refractivity contribution in [2.45, 2.75) is 44.2 Å². The second-order valence-corrected chi connectivity index (χ2v) is 7.67. The molecule has 0 saturated carbocycles. The molecule has 3 fully saturated rings. The van der Waals surface area contributed by atoms with E-state index in [-0.39, 0.29) is 23.9 Å². The van der Waals surface area contributed by atoms with Crippen molar-refractivity contribution in [3.05, 3.63) is 35.9 Å². The van der Waals surface area contributed by atoms with Crippen molar-refractivity contribution in [3.8, 4) is 0 Å². The van der Waals surface area contributed by atoms with Gasteiger partial charge in [-0.1, -0.05) is 30.3 Å². The van der Waals surface area contributed by atoms with E-state index in [0.29, 0.717) is 19.0 Å². The standard InChI is InChI=1S/C20H28N4O2/c25-19(23-10-4-5-11-23)16-8-12-24(13-9-16)20(26)18-14-17(21-22-18)15-6-2-1-3-7-15/h1-3,6-7,16-18,21-22H,4-5,8-14H2. The lowest BCUT2D eigenvalue weighted by Crippen LogP contribution is -2.50. The molecule has 1 aromatic rings. The minimum atomic E-state index is -0.189. The number of hydrogen-bond acceptors (Lipinski definition) is 4. The molecule has 0 bridgehead atoms. The Morgan fingerprint density at radius 1 is 0.846 bits per heavy atom. The predicted molar refractivity (Wildman–Crippen MR) is 99.0 cm³/mol. The number of amides is 2. The van der Waals surface area contributed by atoms with Gasteiger partial charge in [0.15, 0.2) is 0 Å². The number of likely N-dealkylation sites (tertiary alicyclic amines) is 2. The van der Waals surface area contributed by atoms with E-state index in [2.05, 4.69) is 23.0 Å². The maximum atomic E-state index is 12.8. The van der Waals surface area contributed by atoms with Crippen LogP contribution >= 0.6 is 0 Å². The van der Waals surface area contributed by atoms with Crippen LogP contribution in [0.2, 0.25) is 0 Å². The van der Waals surface area contributed by atoms with Gasteiger partial charge in [-0.25, -0.2) is 10.9 Å². The molecule has 3 aliphatic heterocycles. The average molecular weight is 356 g/mol. The first kappa shape index (κ1) is 17.5. The van der Waals surface area contributed by atoms with Crippen LogP contribution in [0.15, 0.2) is 30.3 Å². The molecule has 2 amide bonds. The molecule has 140 valence electrons. The molecule has 2 unspecified atom stereocenters. The van der Waals surface area contributed by atoms with Crippen LogP contribution in [0.1, 0.15) is 43.7 Å². The van der Waals surface area contributed by atoms with Crippen molar-refractivity contribution in [3.63, 3.8) is 0 Å². The van der Waals surface area contributed by atoms with E-state index < -0.39 is 0 Å². The number of hydrogen-bond donors (Lipinski definition) is 2. The van der Waals surface area contributed by atoms with Crippen molar-refractivity contribution in [2.75, 3.05) is 26.2 Å². The summed E-state index contributed by atoms with van der Waals surface area (Å²) < 4.78 is 0. The molecule has 0 spiro atoms. The highest BCUT2D eigenvalue weighted by Crippen LogP contribution is 2.26. The van der Waals surface area contributed by atoms with Gasteiger partial charge in [-0.15, -0.1) is 0 Å². The second-order valence-electron chi connectivity index (χ2n) is 7.67. The zero-order valence-corrected chi connectivity index (χ0v) is 15.2. The Kier molecular flexibility index (Phi) is 5.22. The van der Waals surface area contributed by atoms with Crippen molar-refractivity contribution >= 4 is 11.8 Å². The van der Waals surface area contributed by atoms with E-state index in [1.807, 2.05) is 28.0 Å². The molecule has 1 aromatic carbocycles. The van der Waals surface area contributed by atoms with Gasteiger partial charge in [0, 0.05) is 38.1 Å². The number of rotatable bonds is 3. The Labute approximate surface area is 154 Å². The van der Waals surface area contributed by atoms with E-state index >= 15 is 0 Å². The minimum absolute atomic E-state index is 0.101. The summed E-state index contributed by atoms with van der Waals surface area (Å²) in [4.78, 5) is 29.3. The molecule has 0 radical (unpaired) electrons. The molecule has 3 saturated heterocycles. The van der Waals surface area contributed by atoms with Crippen LogP contribution in [-0.4, -0.2) is 53.8 Å². The third kappa shape index (κ3) is 3.62. The Morgan fingerprint density at radius 3 is 2.19 bits per heavy atom. The second kappa shape index (κ2) is 7.76. The third-order valence-electron chi connectivity index (χ3n) is 5.98. The Hall–Kier alpha value is -1.92. The summed E-state index contributed by atoms with van der Waals surface area (Å²) in [5, 5.41) is 0. The van der Waals surface area contributed by atoms with E-state index in [4.69, 9.17) is 0 Å². The summed E-state index contributed by atoms with van der Waals surface area (Å²) in [6.45, 7) is 3.21. The van der Waals surface area contributed by atoms with Crippen LogP contribution in [0.5, 0.6) is 0 Å². The molecule has 26 heavy (non-hydrogen) atoms. The normalized spacial score (nSPS) is 27.1. The summed E-state index contributed by atoms with van der Waals surface area (Å²) in [5.74, 6) is 0.561. The molecule has 6 heteroatoms. The van der Waals surface area contributed by atoms with Gasteiger partial charge in [-0.05, 0) is 37.7 Å². The van der Waals surface area contributed by atoms with Gasteiger partial charge >= 0.3 is 0 Å². The predicted octanol–water partition coefficient (Wildman–Crippen LogP) is 1.46.